The third-order valence-electron chi connectivity index (χ3n) is 2.09. The maximum absolute atomic E-state index is 12.0. The molecule has 2 aromatic heterocycles. The van der Waals surface area contributed by atoms with Crippen LogP contribution in [0.5, 0.6) is 0 Å². The van der Waals surface area contributed by atoms with E-state index in [-0.39, 0.29) is 11.5 Å². The van der Waals surface area contributed by atoms with E-state index < -0.39 is 17.9 Å². The molecule has 2 rings (SSSR count). The van der Waals surface area contributed by atoms with Gasteiger partial charge in [0.25, 0.3) is 0 Å². The summed E-state index contributed by atoms with van der Waals surface area (Å²) in [5.41, 5.74) is 0. The van der Waals surface area contributed by atoms with Crippen LogP contribution in [0, 0.1) is 0 Å². The topological polar surface area (TPSA) is 69.7 Å². The Kier molecular flexibility index (Phi) is 3.09. The first kappa shape index (κ1) is 11.2. The van der Waals surface area contributed by atoms with Gasteiger partial charge >= 0.3 is 5.97 Å². The van der Waals surface area contributed by atoms with Gasteiger partial charge in [-0.3, -0.25) is 9.59 Å². The molecular formula is C12H10O5. The average molecular weight is 234 g/mol. The number of Topliss-reactive ketones (excluding diaryl/α,β-unsaturated/α-hetero) is 1. The van der Waals surface area contributed by atoms with Gasteiger partial charge in [-0.2, -0.15) is 0 Å². The van der Waals surface area contributed by atoms with Gasteiger partial charge in [0.1, 0.15) is 0 Å². The normalized spacial score (nSPS) is 12.1. The van der Waals surface area contributed by atoms with Crippen molar-refractivity contribution in [3.05, 3.63) is 48.3 Å². The van der Waals surface area contributed by atoms with E-state index in [1.54, 1.807) is 18.2 Å². The van der Waals surface area contributed by atoms with Crippen LogP contribution in [0.2, 0.25) is 0 Å². The van der Waals surface area contributed by atoms with Crippen molar-refractivity contribution >= 4 is 11.8 Å². The smallest absolute Gasteiger partial charge is 0.303 e. The van der Waals surface area contributed by atoms with Crippen molar-refractivity contribution in [3.8, 4) is 0 Å². The predicted octanol–water partition coefficient (Wildman–Crippen LogP) is 2.36. The second-order valence-electron chi connectivity index (χ2n) is 3.35. The van der Waals surface area contributed by atoms with Crippen molar-refractivity contribution in [2.24, 2.45) is 0 Å². The standard InChI is InChI=1S/C12H10O5/c1-8(13)17-12(10-5-3-7-16-10)11(14)9-4-2-6-15-9/h2-7,12H,1H3/t12-/m0/s1. The van der Waals surface area contributed by atoms with Gasteiger partial charge in [0.05, 0.1) is 12.5 Å². The highest BCUT2D eigenvalue weighted by atomic mass is 16.6. The SMILES string of the molecule is CC(=O)O[C@H](C(=O)c1ccco1)c1ccco1. The summed E-state index contributed by atoms with van der Waals surface area (Å²) in [6, 6.07) is 6.26. The monoisotopic (exact) mass is 234 g/mol. The number of hydrogen-bond acceptors (Lipinski definition) is 5. The second kappa shape index (κ2) is 4.69. The number of ether oxygens (including phenoxy) is 1. The molecule has 2 heterocycles. The Morgan fingerprint density at radius 3 is 2.41 bits per heavy atom. The highest BCUT2D eigenvalue weighted by molar-refractivity contribution is 5.98. The minimum Gasteiger partial charge on any atom is -0.465 e. The van der Waals surface area contributed by atoms with Gasteiger partial charge in [0, 0.05) is 6.92 Å². The third-order valence-corrected chi connectivity index (χ3v) is 2.09. The van der Waals surface area contributed by atoms with E-state index in [4.69, 9.17) is 13.6 Å². The first-order chi connectivity index (χ1) is 8.18. The number of rotatable bonds is 4. The zero-order valence-electron chi connectivity index (χ0n) is 9.08. The first-order valence-corrected chi connectivity index (χ1v) is 4.97. The number of esters is 1. The molecule has 0 aliphatic heterocycles. The maximum Gasteiger partial charge on any atom is 0.303 e. The first-order valence-electron chi connectivity index (χ1n) is 4.97. The van der Waals surface area contributed by atoms with E-state index in [2.05, 4.69) is 0 Å². The van der Waals surface area contributed by atoms with Gasteiger partial charge in [-0.15, -0.1) is 0 Å². The van der Waals surface area contributed by atoms with Crippen LogP contribution in [0.15, 0.2) is 45.6 Å². The molecule has 0 amide bonds. The zero-order valence-corrected chi connectivity index (χ0v) is 9.08. The van der Waals surface area contributed by atoms with Gasteiger partial charge in [-0.25, -0.2) is 0 Å². The lowest BCUT2D eigenvalue weighted by Crippen LogP contribution is -2.17. The summed E-state index contributed by atoms with van der Waals surface area (Å²) in [7, 11) is 0. The lowest BCUT2D eigenvalue weighted by molar-refractivity contribution is -0.145. The minimum absolute atomic E-state index is 0.118. The second-order valence-corrected chi connectivity index (χ2v) is 3.35. The van der Waals surface area contributed by atoms with E-state index in [1.165, 1.54) is 25.5 Å². The summed E-state index contributed by atoms with van der Waals surface area (Å²) in [6.45, 7) is 1.23. The number of hydrogen-bond donors (Lipinski definition) is 0. The van der Waals surface area contributed by atoms with Crippen LogP contribution >= 0.6 is 0 Å². The van der Waals surface area contributed by atoms with E-state index in [1.807, 2.05) is 0 Å². The average Bonchev–Trinajstić information content (AvgIpc) is 2.96. The van der Waals surface area contributed by atoms with E-state index in [9.17, 15) is 9.59 Å². The van der Waals surface area contributed by atoms with Crippen LogP contribution in [0.1, 0.15) is 29.3 Å². The van der Waals surface area contributed by atoms with Crippen molar-refractivity contribution < 1.29 is 23.2 Å². The van der Waals surface area contributed by atoms with E-state index in [0.717, 1.165) is 0 Å². The molecule has 0 aliphatic rings. The highest BCUT2D eigenvalue weighted by Gasteiger charge is 2.29. The molecule has 0 aromatic carbocycles. The van der Waals surface area contributed by atoms with E-state index >= 15 is 0 Å². The van der Waals surface area contributed by atoms with Crippen LogP contribution in [0.25, 0.3) is 0 Å². The Morgan fingerprint density at radius 1 is 1.18 bits per heavy atom. The molecule has 17 heavy (non-hydrogen) atoms. The summed E-state index contributed by atoms with van der Waals surface area (Å²) in [4.78, 5) is 23.0. The number of carbonyl (C=O) groups excluding carboxylic acids is 2. The molecule has 5 nitrogen and oxygen atoms in total. The van der Waals surface area contributed by atoms with Gasteiger partial charge in [0.2, 0.25) is 11.9 Å². The Labute approximate surface area is 97.0 Å². The predicted molar refractivity (Wildman–Crippen MR) is 56.3 cm³/mol. The molecule has 2 aromatic rings. The van der Waals surface area contributed by atoms with Crippen LogP contribution in [0.4, 0.5) is 0 Å². The van der Waals surface area contributed by atoms with Gasteiger partial charge in [-0.05, 0) is 24.3 Å². The van der Waals surface area contributed by atoms with Crippen LogP contribution in [-0.4, -0.2) is 11.8 Å². The lowest BCUT2D eigenvalue weighted by atomic mass is 10.1. The molecule has 0 N–H and O–H groups in total. The van der Waals surface area contributed by atoms with Gasteiger partial charge in [0.15, 0.2) is 11.5 Å². The lowest BCUT2D eigenvalue weighted by Gasteiger charge is -2.11. The Bertz CT molecular complexity index is 495. The Hall–Kier alpha value is -2.30. The molecule has 88 valence electrons. The summed E-state index contributed by atoms with van der Waals surface area (Å²) in [6.07, 6.45) is 1.68. The summed E-state index contributed by atoms with van der Waals surface area (Å²) in [5.74, 6) is -0.638. The molecule has 0 saturated heterocycles. The molecular weight excluding hydrogens is 224 g/mol. The Morgan fingerprint density at radius 2 is 1.88 bits per heavy atom. The van der Waals surface area contributed by atoms with Crippen LogP contribution in [-0.2, 0) is 9.53 Å². The maximum atomic E-state index is 12.0. The Balaban J connectivity index is 2.28. The van der Waals surface area contributed by atoms with Crippen molar-refractivity contribution in [3.63, 3.8) is 0 Å². The van der Waals surface area contributed by atoms with Crippen molar-refractivity contribution in [1.82, 2.24) is 0 Å². The molecule has 0 bridgehead atoms. The molecule has 5 heteroatoms. The molecule has 0 saturated carbocycles. The van der Waals surface area contributed by atoms with Crippen LogP contribution in [0.3, 0.4) is 0 Å². The van der Waals surface area contributed by atoms with Gasteiger partial charge in [-0.1, -0.05) is 0 Å². The number of furan rings is 2. The summed E-state index contributed by atoms with van der Waals surface area (Å²) >= 11 is 0. The quantitative estimate of drug-likeness (QED) is 0.600. The fourth-order valence-corrected chi connectivity index (χ4v) is 1.40. The van der Waals surface area contributed by atoms with Crippen molar-refractivity contribution in [1.29, 1.82) is 0 Å². The number of carbonyl (C=O) groups is 2. The molecule has 0 aliphatic carbocycles. The largest absolute Gasteiger partial charge is 0.465 e. The third kappa shape index (κ3) is 2.44. The summed E-state index contributed by atoms with van der Waals surface area (Å²) in [5, 5.41) is 0. The summed E-state index contributed by atoms with van der Waals surface area (Å²) < 4.78 is 15.0. The van der Waals surface area contributed by atoms with Crippen LogP contribution < -0.4 is 0 Å². The molecule has 0 fully saturated rings. The highest BCUT2D eigenvalue weighted by Crippen LogP contribution is 2.23. The fourth-order valence-electron chi connectivity index (χ4n) is 1.40. The number of ketones is 1. The van der Waals surface area contributed by atoms with Gasteiger partial charge < -0.3 is 13.6 Å². The molecule has 0 spiro atoms. The van der Waals surface area contributed by atoms with E-state index in [0.29, 0.717) is 0 Å². The molecule has 0 radical (unpaired) electrons. The zero-order chi connectivity index (χ0) is 12.3. The molecule has 1 atom stereocenters. The van der Waals surface area contributed by atoms with Crippen molar-refractivity contribution in [2.45, 2.75) is 13.0 Å². The minimum atomic E-state index is -1.10. The van der Waals surface area contributed by atoms with Crippen molar-refractivity contribution in [2.75, 3.05) is 0 Å². The fraction of sp³-hybridized carbons (Fsp3) is 0.167. The molecule has 0 unspecified atom stereocenters.